The molecule has 0 saturated carbocycles. The molecule has 0 radical (unpaired) electrons. The fraction of sp³-hybridized carbons (Fsp3) is 0.636. The van der Waals surface area contributed by atoms with Crippen LogP contribution in [0.5, 0.6) is 0 Å². The summed E-state index contributed by atoms with van der Waals surface area (Å²) in [6.45, 7) is 4.46. The summed E-state index contributed by atoms with van der Waals surface area (Å²) in [6.07, 6.45) is 3.98. The van der Waals surface area contributed by atoms with E-state index in [1.807, 2.05) is 13.8 Å². The molecule has 7 nitrogen and oxygen atoms in total. The number of hydrogen-bond acceptors (Lipinski definition) is 4. The molecule has 19 heavy (non-hydrogen) atoms. The third-order valence-electron chi connectivity index (χ3n) is 2.46. The van der Waals surface area contributed by atoms with Crippen LogP contribution in [-0.4, -0.2) is 48.2 Å². The summed E-state index contributed by atoms with van der Waals surface area (Å²) in [6, 6.07) is 0. The largest absolute Gasteiger partial charge is 0.355 e. The highest BCUT2D eigenvalue weighted by Crippen LogP contribution is 2.12. The fourth-order valence-corrected chi connectivity index (χ4v) is 2.92. The number of nitrogens with zero attached hydrogens (tertiary/aromatic N) is 2. The molecule has 0 atom stereocenters. The number of hydrogen-bond donors (Lipinski definition) is 2. The standard InChI is InChI=1S/C11H20N4O3S/c1-3-5-13-10(16)8-15(6-4-2)19(17,18)11-7-12-9-14-11/h7,9H,3-6,8H2,1-2H3,(H,12,14)(H,13,16). The monoisotopic (exact) mass is 288 g/mol. The van der Waals surface area contributed by atoms with Gasteiger partial charge in [0.15, 0.2) is 5.03 Å². The van der Waals surface area contributed by atoms with E-state index in [1.54, 1.807) is 0 Å². The van der Waals surface area contributed by atoms with Crippen LogP contribution in [0.25, 0.3) is 0 Å². The van der Waals surface area contributed by atoms with Gasteiger partial charge in [0.1, 0.15) is 0 Å². The second-order valence-electron chi connectivity index (χ2n) is 4.10. The molecule has 0 aliphatic heterocycles. The molecule has 0 saturated heterocycles. The number of carbonyl (C=O) groups is 1. The summed E-state index contributed by atoms with van der Waals surface area (Å²) in [5.41, 5.74) is 0. The van der Waals surface area contributed by atoms with Crippen LogP contribution < -0.4 is 5.32 Å². The second-order valence-corrected chi connectivity index (χ2v) is 6.01. The molecule has 0 spiro atoms. The third-order valence-corrected chi connectivity index (χ3v) is 4.23. The van der Waals surface area contributed by atoms with Gasteiger partial charge in [-0.3, -0.25) is 4.79 Å². The lowest BCUT2D eigenvalue weighted by Crippen LogP contribution is -2.41. The summed E-state index contributed by atoms with van der Waals surface area (Å²) < 4.78 is 25.7. The molecular formula is C11H20N4O3S. The number of imidazole rings is 1. The van der Waals surface area contributed by atoms with Crippen molar-refractivity contribution in [1.82, 2.24) is 19.6 Å². The molecule has 0 bridgehead atoms. The average Bonchev–Trinajstić information content (AvgIpc) is 2.90. The predicted octanol–water partition coefficient (Wildman–Crippen LogP) is 0.337. The maximum Gasteiger partial charge on any atom is 0.260 e. The van der Waals surface area contributed by atoms with Crippen LogP contribution in [0.1, 0.15) is 26.7 Å². The van der Waals surface area contributed by atoms with Gasteiger partial charge in [-0.1, -0.05) is 13.8 Å². The van der Waals surface area contributed by atoms with Gasteiger partial charge in [0.25, 0.3) is 10.0 Å². The molecule has 1 rings (SSSR count). The Bertz CT molecular complexity index is 484. The molecule has 8 heteroatoms. The number of nitrogens with one attached hydrogen (secondary N) is 2. The highest BCUT2D eigenvalue weighted by molar-refractivity contribution is 7.89. The lowest BCUT2D eigenvalue weighted by Gasteiger charge is -2.20. The van der Waals surface area contributed by atoms with Crippen molar-refractivity contribution in [3.05, 3.63) is 12.5 Å². The molecule has 1 aromatic rings. The van der Waals surface area contributed by atoms with E-state index >= 15 is 0 Å². The van der Waals surface area contributed by atoms with Gasteiger partial charge in [0.2, 0.25) is 5.91 Å². The first-order chi connectivity index (χ1) is 9.02. The number of H-pyrrole nitrogens is 1. The first-order valence-corrected chi connectivity index (χ1v) is 7.71. The van der Waals surface area contributed by atoms with E-state index in [4.69, 9.17) is 0 Å². The summed E-state index contributed by atoms with van der Waals surface area (Å²) in [5.74, 6) is -0.293. The minimum Gasteiger partial charge on any atom is -0.355 e. The van der Waals surface area contributed by atoms with Crippen molar-refractivity contribution in [1.29, 1.82) is 0 Å². The molecule has 1 aromatic heterocycles. The lowest BCUT2D eigenvalue weighted by atomic mass is 10.4. The maximum atomic E-state index is 12.3. The minimum absolute atomic E-state index is 0.00393. The smallest absolute Gasteiger partial charge is 0.260 e. The maximum absolute atomic E-state index is 12.3. The highest BCUT2D eigenvalue weighted by atomic mass is 32.2. The number of sulfonamides is 1. The summed E-state index contributed by atoms with van der Waals surface area (Å²) in [5, 5.41) is 2.67. The van der Waals surface area contributed by atoms with E-state index in [0.717, 1.165) is 10.7 Å². The number of aromatic amines is 1. The fourth-order valence-electron chi connectivity index (χ4n) is 1.54. The van der Waals surface area contributed by atoms with Gasteiger partial charge < -0.3 is 10.3 Å². The average molecular weight is 288 g/mol. The molecule has 2 N–H and O–H groups in total. The van der Waals surface area contributed by atoms with Crippen molar-refractivity contribution in [2.24, 2.45) is 0 Å². The highest BCUT2D eigenvalue weighted by Gasteiger charge is 2.26. The van der Waals surface area contributed by atoms with E-state index in [9.17, 15) is 13.2 Å². The van der Waals surface area contributed by atoms with Gasteiger partial charge >= 0.3 is 0 Å². The van der Waals surface area contributed by atoms with Crippen molar-refractivity contribution in [2.45, 2.75) is 31.7 Å². The molecule has 0 fully saturated rings. The van der Waals surface area contributed by atoms with Crippen LogP contribution in [-0.2, 0) is 14.8 Å². The molecule has 0 aliphatic carbocycles. The summed E-state index contributed by atoms with van der Waals surface area (Å²) in [4.78, 5) is 17.9. The van der Waals surface area contributed by atoms with E-state index in [-0.39, 0.29) is 17.5 Å². The van der Waals surface area contributed by atoms with E-state index in [1.165, 1.54) is 12.5 Å². The van der Waals surface area contributed by atoms with Crippen molar-refractivity contribution < 1.29 is 13.2 Å². The summed E-state index contributed by atoms with van der Waals surface area (Å²) in [7, 11) is -3.69. The first kappa shape index (κ1) is 15.6. The summed E-state index contributed by atoms with van der Waals surface area (Å²) >= 11 is 0. The Morgan fingerprint density at radius 1 is 1.42 bits per heavy atom. The number of amides is 1. The molecule has 1 heterocycles. The quantitative estimate of drug-likeness (QED) is 0.721. The van der Waals surface area contributed by atoms with Gasteiger partial charge in [-0.25, -0.2) is 13.4 Å². The van der Waals surface area contributed by atoms with Gasteiger partial charge in [0, 0.05) is 13.1 Å². The third kappa shape index (κ3) is 4.32. The van der Waals surface area contributed by atoms with Crippen LogP contribution in [0.3, 0.4) is 0 Å². The van der Waals surface area contributed by atoms with Crippen molar-refractivity contribution in [3.8, 4) is 0 Å². The Balaban J connectivity index is 2.80. The number of aromatic nitrogens is 2. The first-order valence-electron chi connectivity index (χ1n) is 6.27. The molecular weight excluding hydrogens is 268 g/mol. The van der Waals surface area contributed by atoms with Crippen LogP contribution in [0.15, 0.2) is 17.6 Å². The van der Waals surface area contributed by atoms with Gasteiger partial charge in [-0.15, -0.1) is 0 Å². The van der Waals surface area contributed by atoms with Crippen molar-refractivity contribution >= 4 is 15.9 Å². The van der Waals surface area contributed by atoms with Gasteiger partial charge in [-0.2, -0.15) is 4.31 Å². The molecule has 0 aliphatic rings. The minimum atomic E-state index is -3.69. The van der Waals surface area contributed by atoms with Crippen LogP contribution >= 0.6 is 0 Å². The lowest BCUT2D eigenvalue weighted by molar-refractivity contribution is -0.121. The normalized spacial score (nSPS) is 11.7. The zero-order valence-corrected chi connectivity index (χ0v) is 12.0. The SMILES string of the molecule is CCCNC(=O)CN(CCC)S(=O)(=O)c1cnc[nH]1. The molecule has 1 amide bonds. The Morgan fingerprint density at radius 3 is 2.68 bits per heavy atom. The Hall–Kier alpha value is -1.41. The zero-order chi connectivity index (χ0) is 14.3. The Labute approximate surface area is 113 Å². The van der Waals surface area contributed by atoms with E-state index < -0.39 is 10.0 Å². The van der Waals surface area contributed by atoms with Crippen molar-refractivity contribution in [2.75, 3.05) is 19.6 Å². The topological polar surface area (TPSA) is 95.2 Å². The van der Waals surface area contributed by atoms with Gasteiger partial charge in [-0.05, 0) is 12.8 Å². The second kappa shape index (κ2) is 7.25. The predicted molar refractivity (Wildman–Crippen MR) is 70.9 cm³/mol. The number of rotatable bonds is 8. The number of carbonyl (C=O) groups excluding carboxylic acids is 1. The Kier molecular flexibility index (Phi) is 5.97. The molecule has 108 valence electrons. The van der Waals surface area contributed by atoms with Crippen LogP contribution in [0, 0.1) is 0 Å². The molecule has 0 aromatic carbocycles. The van der Waals surface area contributed by atoms with Crippen LogP contribution in [0.2, 0.25) is 0 Å². The van der Waals surface area contributed by atoms with Crippen molar-refractivity contribution in [3.63, 3.8) is 0 Å². The van der Waals surface area contributed by atoms with E-state index in [0.29, 0.717) is 19.5 Å². The van der Waals surface area contributed by atoms with Crippen LogP contribution in [0.4, 0.5) is 0 Å². The zero-order valence-electron chi connectivity index (χ0n) is 11.2. The molecule has 0 unspecified atom stereocenters. The Morgan fingerprint density at radius 2 is 2.16 bits per heavy atom. The van der Waals surface area contributed by atoms with E-state index in [2.05, 4.69) is 15.3 Å². The van der Waals surface area contributed by atoms with Gasteiger partial charge in [0.05, 0.1) is 19.1 Å².